The second-order valence-electron chi connectivity index (χ2n) is 3.52. The molecule has 0 saturated carbocycles. The zero-order valence-corrected chi connectivity index (χ0v) is 8.51. The van der Waals surface area contributed by atoms with Crippen LogP contribution in [0.1, 0.15) is 30.5 Å². The molecule has 1 aromatic rings. The van der Waals surface area contributed by atoms with Gasteiger partial charge in [0.05, 0.1) is 6.42 Å². The topological polar surface area (TPSA) is 26.0 Å². The van der Waals surface area contributed by atoms with Crippen molar-refractivity contribution in [3.8, 4) is 0 Å². The molecule has 1 rings (SSSR count). The van der Waals surface area contributed by atoms with Gasteiger partial charge in [0.15, 0.2) is 0 Å². The fourth-order valence-corrected chi connectivity index (χ4v) is 1.37. The van der Waals surface area contributed by atoms with Crippen molar-refractivity contribution < 1.29 is 13.2 Å². The molecule has 0 saturated heterocycles. The zero-order chi connectivity index (χ0) is 11.5. The second kappa shape index (κ2) is 4.66. The van der Waals surface area contributed by atoms with Gasteiger partial charge in [-0.3, -0.25) is 0 Å². The highest BCUT2D eigenvalue weighted by molar-refractivity contribution is 5.24. The van der Waals surface area contributed by atoms with E-state index in [0.717, 1.165) is 12.0 Å². The van der Waals surface area contributed by atoms with E-state index in [1.165, 1.54) is 0 Å². The predicted octanol–water partition coefficient (Wildman–Crippen LogP) is 3.20. The van der Waals surface area contributed by atoms with Crippen LogP contribution in [0.25, 0.3) is 0 Å². The van der Waals surface area contributed by atoms with Gasteiger partial charge in [-0.05, 0) is 17.5 Å². The van der Waals surface area contributed by atoms with Gasteiger partial charge in [0, 0.05) is 6.04 Å². The van der Waals surface area contributed by atoms with Gasteiger partial charge in [-0.1, -0.05) is 31.2 Å². The van der Waals surface area contributed by atoms with Crippen LogP contribution in [0.5, 0.6) is 0 Å². The summed E-state index contributed by atoms with van der Waals surface area (Å²) in [7, 11) is 0. The van der Waals surface area contributed by atoms with Gasteiger partial charge < -0.3 is 5.73 Å². The zero-order valence-electron chi connectivity index (χ0n) is 8.51. The molecular weight excluding hydrogens is 203 g/mol. The lowest BCUT2D eigenvalue weighted by Gasteiger charge is -2.14. The number of hydrogen-bond donors (Lipinski definition) is 1. The van der Waals surface area contributed by atoms with Crippen LogP contribution in [-0.2, 0) is 6.42 Å². The van der Waals surface area contributed by atoms with Gasteiger partial charge in [-0.2, -0.15) is 13.2 Å². The first-order chi connectivity index (χ1) is 6.92. The Kier molecular flexibility index (Phi) is 3.74. The van der Waals surface area contributed by atoms with Crippen LogP contribution in [0.2, 0.25) is 0 Å². The van der Waals surface area contributed by atoms with Crippen molar-refractivity contribution in [2.75, 3.05) is 0 Å². The minimum Gasteiger partial charge on any atom is -0.324 e. The molecule has 0 aliphatic rings. The van der Waals surface area contributed by atoms with E-state index in [-0.39, 0.29) is 0 Å². The quantitative estimate of drug-likeness (QED) is 0.826. The fourth-order valence-electron chi connectivity index (χ4n) is 1.37. The van der Waals surface area contributed by atoms with Crippen LogP contribution in [0, 0.1) is 0 Å². The number of hydrogen-bond acceptors (Lipinski definition) is 1. The maximum absolute atomic E-state index is 12.1. The van der Waals surface area contributed by atoms with Gasteiger partial charge in [0.1, 0.15) is 0 Å². The van der Waals surface area contributed by atoms with Gasteiger partial charge in [0.2, 0.25) is 0 Å². The molecule has 1 nitrogen and oxygen atoms in total. The molecule has 0 spiro atoms. The Bertz CT molecular complexity index is 303. The van der Waals surface area contributed by atoms with E-state index in [4.69, 9.17) is 5.73 Å². The summed E-state index contributed by atoms with van der Waals surface area (Å²) < 4.78 is 36.2. The monoisotopic (exact) mass is 217 g/mol. The largest absolute Gasteiger partial charge is 0.390 e. The molecule has 84 valence electrons. The lowest BCUT2D eigenvalue weighted by atomic mass is 10.0. The summed E-state index contributed by atoms with van der Waals surface area (Å²) in [6.45, 7) is 1.99. The molecule has 15 heavy (non-hydrogen) atoms. The standard InChI is InChI=1S/C11H14F3N/c1-2-8-3-5-9(6-4-8)10(15)7-11(12,13)14/h3-6,10H,2,7,15H2,1H3/t10-/m1/s1. The molecule has 1 atom stereocenters. The van der Waals surface area contributed by atoms with E-state index in [1.807, 2.05) is 19.1 Å². The first-order valence-electron chi connectivity index (χ1n) is 4.83. The smallest absolute Gasteiger partial charge is 0.324 e. The van der Waals surface area contributed by atoms with E-state index < -0.39 is 18.6 Å². The van der Waals surface area contributed by atoms with E-state index in [1.54, 1.807) is 12.1 Å². The second-order valence-corrected chi connectivity index (χ2v) is 3.52. The first kappa shape index (κ1) is 12.0. The summed E-state index contributed by atoms with van der Waals surface area (Å²) in [5.41, 5.74) is 7.08. The third-order valence-electron chi connectivity index (χ3n) is 2.27. The molecule has 0 heterocycles. The molecule has 0 unspecified atom stereocenters. The number of benzene rings is 1. The summed E-state index contributed by atoms with van der Waals surface area (Å²) in [6.07, 6.45) is -4.31. The van der Waals surface area contributed by atoms with Crippen molar-refractivity contribution in [3.63, 3.8) is 0 Å². The van der Waals surface area contributed by atoms with E-state index in [0.29, 0.717) is 5.56 Å². The van der Waals surface area contributed by atoms with E-state index in [9.17, 15) is 13.2 Å². The molecule has 0 bridgehead atoms. The van der Waals surface area contributed by atoms with Crippen molar-refractivity contribution in [2.45, 2.75) is 32.0 Å². The highest BCUT2D eigenvalue weighted by atomic mass is 19.4. The minimum atomic E-state index is -4.21. The third kappa shape index (κ3) is 3.91. The molecule has 4 heteroatoms. The van der Waals surface area contributed by atoms with Gasteiger partial charge in [-0.25, -0.2) is 0 Å². The van der Waals surface area contributed by atoms with Crippen molar-refractivity contribution in [3.05, 3.63) is 35.4 Å². The lowest BCUT2D eigenvalue weighted by Crippen LogP contribution is -2.20. The molecular formula is C11H14F3N. The normalized spacial score (nSPS) is 13.9. The van der Waals surface area contributed by atoms with Crippen LogP contribution in [-0.4, -0.2) is 6.18 Å². The molecule has 0 radical (unpaired) electrons. The number of halogens is 3. The summed E-state index contributed by atoms with van der Waals surface area (Å²) >= 11 is 0. The van der Waals surface area contributed by atoms with Crippen LogP contribution in [0.4, 0.5) is 13.2 Å². The van der Waals surface area contributed by atoms with Gasteiger partial charge in [-0.15, -0.1) is 0 Å². The van der Waals surface area contributed by atoms with Crippen molar-refractivity contribution in [1.29, 1.82) is 0 Å². The average Bonchev–Trinajstić information content (AvgIpc) is 2.15. The van der Waals surface area contributed by atoms with Crippen molar-refractivity contribution in [1.82, 2.24) is 0 Å². The highest BCUT2D eigenvalue weighted by Crippen LogP contribution is 2.27. The maximum Gasteiger partial charge on any atom is 0.390 e. The summed E-state index contributed by atoms with van der Waals surface area (Å²) in [5.74, 6) is 0. The number of alkyl halides is 3. The molecule has 2 N–H and O–H groups in total. The van der Waals surface area contributed by atoms with Gasteiger partial charge >= 0.3 is 6.18 Å². The number of nitrogens with two attached hydrogens (primary N) is 1. The summed E-state index contributed by atoms with van der Waals surface area (Å²) in [5, 5.41) is 0. The Morgan fingerprint density at radius 1 is 1.20 bits per heavy atom. The van der Waals surface area contributed by atoms with Crippen LogP contribution in [0.3, 0.4) is 0 Å². The van der Waals surface area contributed by atoms with Crippen molar-refractivity contribution in [2.24, 2.45) is 5.73 Å². The summed E-state index contributed by atoms with van der Waals surface area (Å²) in [6, 6.07) is 5.98. The lowest BCUT2D eigenvalue weighted by molar-refractivity contribution is -0.138. The van der Waals surface area contributed by atoms with E-state index >= 15 is 0 Å². The SMILES string of the molecule is CCc1ccc([C@H](N)CC(F)(F)F)cc1. The Morgan fingerprint density at radius 2 is 1.73 bits per heavy atom. The summed E-state index contributed by atoms with van der Waals surface area (Å²) in [4.78, 5) is 0. The molecule has 0 aliphatic carbocycles. The Morgan fingerprint density at radius 3 is 2.13 bits per heavy atom. The molecule has 0 aliphatic heterocycles. The Labute approximate surface area is 87.1 Å². The predicted molar refractivity (Wildman–Crippen MR) is 53.4 cm³/mol. The molecule has 0 amide bonds. The first-order valence-corrected chi connectivity index (χ1v) is 4.83. The van der Waals surface area contributed by atoms with E-state index in [2.05, 4.69) is 0 Å². The fraction of sp³-hybridized carbons (Fsp3) is 0.455. The minimum absolute atomic E-state index is 0.532. The Balaban J connectivity index is 2.70. The van der Waals surface area contributed by atoms with Crippen molar-refractivity contribution >= 4 is 0 Å². The van der Waals surface area contributed by atoms with Crippen LogP contribution < -0.4 is 5.73 Å². The van der Waals surface area contributed by atoms with Crippen LogP contribution >= 0.6 is 0 Å². The third-order valence-corrected chi connectivity index (χ3v) is 2.27. The number of rotatable bonds is 3. The average molecular weight is 217 g/mol. The molecule has 0 fully saturated rings. The highest BCUT2D eigenvalue weighted by Gasteiger charge is 2.30. The number of aryl methyl sites for hydroxylation is 1. The maximum atomic E-state index is 12.1. The Hall–Kier alpha value is -1.03. The molecule has 1 aromatic carbocycles. The molecule has 0 aromatic heterocycles. The van der Waals surface area contributed by atoms with Gasteiger partial charge in [0.25, 0.3) is 0 Å². The van der Waals surface area contributed by atoms with Crippen LogP contribution in [0.15, 0.2) is 24.3 Å².